The Balaban J connectivity index is 3.01. The normalized spacial score (nSPS) is 10.2. The Bertz CT molecular complexity index is 283. The lowest BCUT2D eigenvalue weighted by Crippen LogP contribution is -2.19. The van der Waals surface area contributed by atoms with E-state index in [1.54, 1.807) is 0 Å². The van der Waals surface area contributed by atoms with Gasteiger partial charge < -0.3 is 4.90 Å². The predicted octanol–water partition coefficient (Wildman–Crippen LogP) is 1.80. The fourth-order valence-electron chi connectivity index (χ4n) is 1.11. The molecule has 0 aromatic carbocycles. The molecule has 0 unspecified atom stereocenters. The van der Waals surface area contributed by atoms with E-state index in [1.807, 2.05) is 24.9 Å². The highest BCUT2D eigenvalue weighted by atomic mass is 15.2. The summed E-state index contributed by atoms with van der Waals surface area (Å²) in [6, 6.07) is 2.03. The summed E-state index contributed by atoms with van der Waals surface area (Å²) in [5.74, 6) is 0.833. The molecule has 1 heterocycles. The van der Waals surface area contributed by atoms with Crippen LogP contribution in [0.2, 0.25) is 0 Å². The average molecular weight is 179 g/mol. The summed E-state index contributed by atoms with van der Waals surface area (Å²) in [5, 5.41) is 0. The zero-order chi connectivity index (χ0) is 9.84. The van der Waals surface area contributed by atoms with Crippen molar-refractivity contribution in [3.8, 4) is 0 Å². The lowest BCUT2D eigenvalue weighted by Gasteiger charge is -2.15. The van der Waals surface area contributed by atoms with E-state index in [0.717, 1.165) is 30.3 Å². The largest absolute Gasteiger partial charge is 0.344 e. The Morgan fingerprint density at radius 1 is 1.31 bits per heavy atom. The van der Waals surface area contributed by atoms with Crippen LogP contribution in [-0.4, -0.2) is 23.6 Å². The van der Waals surface area contributed by atoms with E-state index in [2.05, 4.69) is 23.8 Å². The fourth-order valence-corrected chi connectivity index (χ4v) is 1.11. The number of aryl methyl sites for hydroxylation is 2. The van der Waals surface area contributed by atoms with Crippen molar-refractivity contribution in [2.75, 3.05) is 18.5 Å². The highest BCUT2D eigenvalue weighted by molar-refractivity contribution is 5.30. The molecule has 0 N–H and O–H groups in total. The molecule has 3 nitrogen and oxygen atoms in total. The van der Waals surface area contributed by atoms with Crippen molar-refractivity contribution in [3.63, 3.8) is 0 Å². The third-order valence-corrected chi connectivity index (χ3v) is 2.07. The van der Waals surface area contributed by atoms with Crippen LogP contribution in [0.4, 0.5) is 5.95 Å². The van der Waals surface area contributed by atoms with Crippen molar-refractivity contribution in [1.82, 2.24) is 9.97 Å². The van der Waals surface area contributed by atoms with Gasteiger partial charge in [-0.25, -0.2) is 9.97 Å². The highest BCUT2D eigenvalue weighted by Crippen LogP contribution is 2.08. The molecule has 1 aromatic rings. The molecule has 0 amide bonds. The molecule has 3 heteroatoms. The number of nitrogens with zero attached hydrogens (tertiary/aromatic N) is 3. The summed E-state index contributed by atoms with van der Waals surface area (Å²) in [4.78, 5) is 10.9. The minimum atomic E-state index is 0.833. The Kier molecular flexibility index (Phi) is 3.23. The molecule has 1 rings (SSSR count). The third-order valence-electron chi connectivity index (χ3n) is 2.07. The number of aromatic nitrogens is 2. The summed E-state index contributed by atoms with van der Waals surface area (Å²) in [6.45, 7) is 7.15. The van der Waals surface area contributed by atoms with E-state index in [9.17, 15) is 0 Å². The molecule has 72 valence electrons. The van der Waals surface area contributed by atoms with Crippen molar-refractivity contribution in [3.05, 3.63) is 17.5 Å². The first kappa shape index (κ1) is 9.96. The van der Waals surface area contributed by atoms with Gasteiger partial charge in [0.25, 0.3) is 0 Å². The number of hydrogen-bond acceptors (Lipinski definition) is 3. The van der Waals surface area contributed by atoms with E-state index >= 15 is 0 Å². The maximum Gasteiger partial charge on any atom is 0.225 e. The van der Waals surface area contributed by atoms with Crippen LogP contribution in [0.15, 0.2) is 6.07 Å². The molecule has 13 heavy (non-hydrogen) atoms. The standard InChI is InChI=1S/C10H17N3/c1-5-9-7-8(3)11-10(12-9)13(4)6-2/h7H,5-6H2,1-4H3. The molecule has 0 bridgehead atoms. The summed E-state index contributed by atoms with van der Waals surface area (Å²) in [5.41, 5.74) is 2.16. The Hall–Kier alpha value is -1.12. The van der Waals surface area contributed by atoms with Gasteiger partial charge in [0, 0.05) is 25.0 Å². The van der Waals surface area contributed by atoms with Crippen LogP contribution in [0.3, 0.4) is 0 Å². The smallest absolute Gasteiger partial charge is 0.225 e. The molecule has 0 saturated carbocycles. The molecular formula is C10H17N3. The minimum absolute atomic E-state index is 0.833. The van der Waals surface area contributed by atoms with Crippen LogP contribution in [-0.2, 0) is 6.42 Å². The molecule has 1 aromatic heterocycles. The van der Waals surface area contributed by atoms with Crippen LogP contribution in [0.25, 0.3) is 0 Å². The second-order valence-corrected chi connectivity index (χ2v) is 3.17. The molecule has 0 fully saturated rings. The van der Waals surface area contributed by atoms with Crippen molar-refractivity contribution in [2.45, 2.75) is 27.2 Å². The van der Waals surface area contributed by atoms with E-state index in [-0.39, 0.29) is 0 Å². The number of rotatable bonds is 3. The molecule has 0 atom stereocenters. The zero-order valence-electron chi connectivity index (χ0n) is 8.83. The van der Waals surface area contributed by atoms with Gasteiger partial charge in [-0.3, -0.25) is 0 Å². The summed E-state index contributed by atoms with van der Waals surface area (Å²) in [7, 11) is 2.01. The van der Waals surface area contributed by atoms with Gasteiger partial charge in [-0.15, -0.1) is 0 Å². The fraction of sp³-hybridized carbons (Fsp3) is 0.600. The first-order valence-electron chi connectivity index (χ1n) is 4.73. The summed E-state index contributed by atoms with van der Waals surface area (Å²) in [6.07, 6.45) is 0.966. The van der Waals surface area contributed by atoms with Gasteiger partial charge >= 0.3 is 0 Å². The van der Waals surface area contributed by atoms with E-state index < -0.39 is 0 Å². The van der Waals surface area contributed by atoms with Crippen molar-refractivity contribution in [1.29, 1.82) is 0 Å². The van der Waals surface area contributed by atoms with Crippen LogP contribution in [0, 0.1) is 6.92 Å². The van der Waals surface area contributed by atoms with Crippen molar-refractivity contribution in [2.24, 2.45) is 0 Å². The summed E-state index contributed by atoms with van der Waals surface area (Å²) >= 11 is 0. The molecule has 0 aliphatic rings. The van der Waals surface area contributed by atoms with Gasteiger partial charge in [0.05, 0.1) is 0 Å². The van der Waals surface area contributed by atoms with Gasteiger partial charge in [-0.2, -0.15) is 0 Å². The first-order chi connectivity index (χ1) is 6.17. The predicted molar refractivity (Wildman–Crippen MR) is 55.1 cm³/mol. The third kappa shape index (κ3) is 2.41. The zero-order valence-corrected chi connectivity index (χ0v) is 8.83. The lowest BCUT2D eigenvalue weighted by molar-refractivity contribution is 0.867. The van der Waals surface area contributed by atoms with Crippen LogP contribution < -0.4 is 4.90 Å². The van der Waals surface area contributed by atoms with E-state index in [0.29, 0.717) is 0 Å². The van der Waals surface area contributed by atoms with E-state index in [4.69, 9.17) is 0 Å². The molecule has 0 radical (unpaired) electrons. The van der Waals surface area contributed by atoms with Gasteiger partial charge in [0.15, 0.2) is 0 Å². The number of hydrogen-bond donors (Lipinski definition) is 0. The van der Waals surface area contributed by atoms with Crippen LogP contribution >= 0.6 is 0 Å². The summed E-state index contributed by atoms with van der Waals surface area (Å²) < 4.78 is 0. The van der Waals surface area contributed by atoms with Crippen molar-refractivity contribution >= 4 is 5.95 Å². The second-order valence-electron chi connectivity index (χ2n) is 3.17. The Morgan fingerprint density at radius 2 is 2.00 bits per heavy atom. The Labute approximate surface area is 79.8 Å². The van der Waals surface area contributed by atoms with Crippen molar-refractivity contribution < 1.29 is 0 Å². The maximum absolute atomic E-state index is 4.44. The first-order valence-corrected chi connectivity index (χ1v) is 4.73. The highest BCUT2D eigenvalue weighted by Gasteiger charge is 2.03. The van der Waals surface area contributed by atoms with Crippen LogP contribution in [0.1, 0.15) is 25.2 Å². The van der Waals surface area contributed by atoms with Gasteiger partial charge in [-0.1, -0.05) is 6.92 Å². The lowest BCUT2D eigenvalue weighted by atomic mass is 10.3. The minimum Gasteiger partial charge on any atom is -0.344 e. The average Bonchev–Trinajstić information content (AvgIpc) is 2.15. The van der Waals surface area contributed by atoms with Gasteiger partial charge in [-0.05, 0) is 26.3 Å². The quantitative estimate of drug-likeness (QED) is 0.708. The SMILES string of the molecule is CCc1cc(C)nc(N(C)CC)n1. The molecule has 0 saturated heterocycles. The maximum atomic E-state index is 4.44. The number of anilines is 1. The van der Waals surface area contributed by atoms with E-state index in [1.165, 1.54) is 0 Å². The second kappa shape index (κ2) is 4.21. The molecule has 0 aliphatic heterocycles. The van der Waals surface area contributed by atoms with Crippen LogP contribution in [0.5, 0.6) is 0 Å². The van der Waals surface area contributed by atoms with Gasteiger partial charge in [0.1, 0.15) is 0 Å². The Morgan fingerprint density at radius 3 is 2.54 bits per heavy atom. The molecule has 0 spiro atoms. The molecule has 0 aliphatic carbocycles. The topological polar surface area (TPSA) is 29.0 Å². The monoisotopic (exact) mass is 179 g/mol. The molecular weight excluding hydrogens is 162 g/mol. The van der Waals surface area contributed by atoms with Gasteiger partial charge in [0.2, 0.25) is 5.95 Å².